The van der Waals surface area contributed by atoms with E-state index in [9.17, 15) is 0 Å². The van der Waals surface area contributed by atoms with Gasteiger partial charge in [-0.1, -0.05) is 19.3 Å². The summed E-state index contributed by atoms with van der Waals surface area (Å²) < 4.78 is 5.30. The minimum Gasteiger partial charge on any atom is -0.342 e. The lowest BCUT2D eigenvalue weighted by molar-refractivity contribution is 0.220. The molecule has 1 aromatic rings. The minimum atomic E-state index is -0.391. The normalized spacial score (nSPS) is 19.7. The van der Waals surface area contributed by atoms with Gasteiger partial charge in [0.25, 0.3) is 5.95 Å². The van der Waals surface area contributed by atoms with Gasteiger partial charge in [-0.2, -0.15) is 4.98 Å². The van der Waals surface area contributed by atoms with E-state index in [4.69, 9.17) is 10.3 Å². The number of rotatable bonds is 3. The Morgan fingerprint density at radius 1 is 1.38 bits per heavy atom. The van der Waals surface area contributed by atoms with Gasteiger partial charge in [-0.15, -0.1) is 0 Å². The Labute approximate surface area is 96.0 Å². The molecule has 0 radical (unpaired) electrons. The molecule has 0 atom stereocenters. The number of nitrogens with zero attached hydrogens (tertiary/aromatic N) is 3. The molecule has 5 heteroatoms. The van der Waals surface area contributed by atoms with E-state index in [-0.39, 0.29) is 0 Å². The van der Waals surface area contributed by atoms with Crippen molar-refractivity contribution in [1.29, 1.82) is 0 Å². The second-order valence-corrected chi connectivity index (χ2v) is 4.63. The fourth-order valence-corrected chi connectivity index (χ4v) is 2.11. The fourth-order valence-electron chi connectivity index (χ4n) is 2.11. The van der Waals surface area contributed by atoms with Gasteiger partial charge in [0, 0.05) is 13.6 Å². The van der Waals surface area contributed by atoms with E-state index in [1.54, 1.807) is 0 Å². The van der Waals surface area contributed by atoms with Gasteiger partial charge in [0.15, 0.2) is 0 Å². The number of nitrogens with two attached hydrogens (primary N) is 1. The molecule has 1 aliphatic rings. The average molecular weight is 224 g/mol. The summed E-state index contributed by atoms with van der Waals surface area (Å²) in [5.41, 5.74) is 5.93. The van der Waals surface area contributed by atoms with Crippen molar-refractivity contribution in [3.05, 3.63) is 5.89 Å². The van der Waals surface area contributed by atoms with E-state index in [0.29, 0.717) is 11.8 Å². The summed E-state index contributed by atoms with van der Waals surface area (Å²) in [6, 6.07) is 0. The zero-order chi connectivity index (χ0) is 11.6. The van der Waals surface area contributed by atoms with E-state index >= 15 is 0 Å². The largest absolute Gasteiger partial charge is 0.342 e. The molecule has 0 saturated heterocycles. The topological polar surface area (TPSA) is 68.2 Å². The molecule has 0 bridgehead atoms. The van der Waals surface area contributed by atoms with Crippen molar-refractivity contribution in [1.82, 2.24) is 10.1 Å². The smallest absolute Gasteiger partial charge is 0.265 e. The SMILES string of the molecule is CCN(C)c1noc(C2(N)CCCCC2)n1. The molecule has 1 aromatic heterocycles. The standard InChI is InChI=1S/C11H20N4O/c1-3-15(2)10-13-9(16-14-10)11(12)7-5-4-6-8-11/h3-8,12H2,1-2H3. The molecule has 2 rings (SSSR count). The molecule has 2 N–H and O–H groups in total. The van der Waals surface area contributed by atoms with Crippen LogP contribution < -0.4 is 10.6 Å². The third-order valence-corrected chi connectivity index (χ3v) is 3.40. The van der Waals surface area contributed by atoms with Gasteiger partial charge in [-0.25, -0.2) is 0 Å². The maximum atomic E-state index is 6.32. The van der Waals surface area contributed by atoms with Crippen LogP contribution in [0.25, 0.3) is 0 Å². The van der Waals surface area contributed by atoms with E-state index < -0.39 is 5.54 Å². The van der Waals surface area contributed by atoms with Crippen LogP contribution in [-0.2, 0) is 5.54 Å². The lowest BCUT2D eigenvalue weighted by Gasteiger charge is -2.29. The predicted octanol–water partition coefficient (Wildman–Crippen LogP) is 1.64. The molecule has 0 aliphatic heterocycles. The van der Waals surface area contributed by atoms with Gasteiger partial charge in [-0.05, 0) is 24.9 Å². The first-order valence-corrected chi connectivity index (χ1v) is 6.00. The molecule has 90 valence electrons. The van der Waals surface area contributed by atoms with Gasteiger partial charge in [0.2, 0.25) is 5.89 Å². The number of aromatic nitrogens is 2. The second kappa shape index (κ2) is 4.41. The molecular formula is C11H20N4O. The molecule has 1 fully saturated rings. The van der Waals surface area contributed by atoms with Crippen molar-refractivity contribution in [2.75, 3.05) is 18.5 Å². The molecule has 0 aromatic carbocycles. The highest BCUT2D eigenvalue weighted by Gasteiger charge is 2.35. The second-order valence-electron chi connectivity index (χ2n) is 4.63. The molecule has 0 amide bonds. The Kier molecular flexibility index (Phi) is 3.14. The van der Waals surface area contributed by atoms with Crippen LogP contribution in [-0.4, -0.2) is 23.7 Å². The first-order valence-electron chi connectivity index (χ1n) is 6.00. The Hall–Kier alpha value is -1.10. The van der Waals surface area contributed by atoms with Gasteiger partial charge in [0.1, 0.15) is 0 Å². The average Bonchev–Trinajstić information content (AvgIpc) is 2.79. The predicted molar refractivity (Wildman–Crippen MR) is 62.2 cm³/mol. The van der Waals surface area contributed by atoms with Crippen molar-refractivity contribution < 1.29 is 4.52 Å². The molecular weight excluding hydrogens is 204 g/mol. The summed E-state index contributed by atoms with van der Waals surface area (Å²) in [6.45, 7) is 2.91. The van der Waals surface area contributed by atoms with Crippen LogP contribution in [0.5, 0.6) is 0 Å². The van der Waals surface area contributed by atoms with Crippen molar-refractivity contribution in [2.45, 2.75) is 44.6 Å². The summed E-state index contributed by atoms with van der Waals surface area (Å²) in [7, 11) is 1.94. The maximum Gasteiger partial charge on any atom is 0.265 e. The molecule has 5 nitrogen and oxygen atoms in total. The van der Waals surface area contributed by atoms with Gasteiger partial charge in [-0.3, -0.25) is 0 Å². The Morgan fingerprint density at radius 3 is 2.69 bits per heavy atom. The van der Waals surface area contributed by atoms with Crippen molar-refractivity contribution >= 4 is 5.95 Å². The summed E-state index contributed by atoms with van der Waals surface area (Å²) in [6.07, 6.45) is 5.46. The Bertz CT molecular complexity index is 344. The minimum absolute atomic E-state index is 0.391. The summed E-state index contributed by atoms with van der Waals surface area (Å²) in [4.78, 5) is 6.34. The van der Waals surface area contributed by atoms with Crippen LogP contribution in [0.1, 0.15) is 44.9 Å². The van der Waals surface area contributed by atoms with Crippen LogP contribution >= 0.6 is 0 Å². The molecule has 16 heavy (non-hydrogen) atoms. The Balaban J connectivity index is 2.17. The maximum absolute atomic E-state index is 6.32. The third-order valence-electron chi connectivity index (χ3n) is 3.40. The van der Waals surface area contributed by atoms with Crippen molar-refractivity contribution in [3.8, 4) is 0 Å². The van der Waals surface area contributed by atoms with Crippen LogP contribution in [0, 0.1) is 0 Å². The third kappa shape index (κ3) is 2.04. The van der Waals surface area contributed by atoms with Crippen LogP contribution in [0.2, 0.25) is 0 Å². The van der Waals surface area contributed by atoms with E-state index in [1.807, 2.05) is 11.9 Å². The molecule has 1 heterocycles. The van der Waals surface area contributed by atoms with Crippen molar-refractivity contribution in [3.63, 3.8) is 0 Å². The highest BCUT2D eigenvalue weighted by Crippen LogP contribution is 2.34. The molecule has 1 saturated carbocycles. The van der Waals surface area contributed by atoms with Crippen molar-refractivity contribution in [2.24, 2.45) is 5.73 Å². The molecule has 0 spiro atoms. The monoisotopic (exact) mass is 224 g/mol. The number of hydrogen-bond donors (Lipinski definition) is 1. The van der Waals surface area contributed by atoms with E-state index in [1.165, 1.54) is 6.42 Å². The quantitative estimate of drug-likeness (QED) is 0.845. The summed E-state index contributed by atoms with van der Waals surface area (Å²) in [5.74, 6) is 1.23. The van der Waals surface area contributed by atoms with Crippen LogP contribution in [0.4, 0.5) is 5.95 Å². The highest BCUT2D eigenvalue weighted by atomic mass is 16.5. The van der Waals surface area contributed by atoms with E-state index in [0.717, 1.165) is 32.2 Å². The molecule has 1 aliphatic carbocycles. The van der Waals surface area contributed by atoms with Gasteiger partial charge in [0.05, 0.1) is 5.54 Å². The molecule has 0 unspecified atom stereocenters. The zero-order valence-electron chi connectivity index (χ0n) is 10.1. The fraction of sp³-hybridized carbons (Fsp3) is 0.818. The summed E-state index contributed by atoms with van der Waals surface area (Å²) >= 11 is 0. The first-order chi connectivity index (χ1) is 7.65. The van der Waals surface area contributed by atoms with Gasteiger partial charge < -0.3 is 15.2 Å². The Morgan fingerprint density at radius 2 is 2.06 bits per heavy atom. The number of hydrogen-bond acceptors (Lipinski definition) is 5. The van der Waals surface area contributed by atoms with Crippen LogP contribution in [0.3, 0.4) is 0 Å². The first kappa shape index (κ1) is 11.4. The highest BCUT2D eigenvalue weighted by molar-refractivity contribution is 5.26. The van der Waals surface area contributed by atoms with Gasteiger partial charge >= 0.3 is 0 Å². The van der Waals surface area contributed by atoms with Crippen LogP contribution in [0.15, 0.2) is 4.52 Å². The zero-order valence-corrected chi connectivity index (χ0v) is 10.1. The summed E-state index contributed by atoms with van der Waals surface area (Å²) in [5, 5.41) is 3.97. The van der Waals surface area contributed by atoms with E-state index in [2.05, 4.69) is 17.1 Å². The number of anilines is 1. The lowest BCUT2D eigenvalue weighted by Crippen LogP contribution is -2.39. The lowest BCUT2D eigenvalue weighted by atomic mass is 9.82.